The standard InChI is InChI=1S/C18H12ClN5O5/c19-12-3-1-2-4-13(12)23-22-11-6-8-15(25)10(9-11)5-7-14-16(24(28)29)17(26)21-18(27)20-14/h1-9,25H,(H2,20,21,26,27). The molecule has 0 spiro atoms. The van der Waals surface area contributed by atoms with Crippen LogP contribution in [0.1, 0.15) is 11.3 Å². The Balaban J connectivity index is 1.96. The molecule has 11 heteroatoms. The van der Waals surface area contributed by atoms with Crippen molar-refractivity contribution in [1.29, 1.82) is 0 Å². The molecule has 0 bridgehead atoms. The van der Waals surface area contributed by atoms with Crippen LogP contribution >= 0.6 is 11.6 Å². The molecule has 2 aromatic carbocycles. The Bertz CT molecular complexity index is 1260. The molecule has 0 aliphatic rings. The second kappa shape index (κ2) is 8.31. The summed E-state index contributed by atoms with van der Waals surface area (Å²) >= 11 is 6.01. The van der Waals surface area contributed by atoms with E-state index in [0.29, 0.717) is 16.4 Å². The average Bonchev–Trinajstić information content (AvgIpc) is 2.66. The van der Waals surface area contributed by atoms with Crippen molar-refractivity contribution in [3.05, 3.63) is 89.7 Å². The summed E-state index contributed by atoms with van der Waals surface area (Å²) in [5.74, 6) is -0.146. The van der Waals surface area contributed by atoms with Gasteiger partial charge in [-0.25, -0.2) is 4.79 Å². The van der Waals surface area contributed by atoms with Gasteiger partial charge in [-0.2, -0.15) is 5.11 Å². The fourth-order valence-corrected chi connectivity index (χ4v) is 2.53. The van der Waals surface area contributed by atoms with E-state index >= 15 is 0 Å². The highest BCUT2D eigenvalue weighted by atomic mass is 35.5. The number of phenols is 1. The fraction of sp³-hybridized carbons (Fsp3) is 0. The summed E-state index contributed by atoms with van der Waals surface area (Å²) in [7, 11) is 0. The highest BCUT2D eigenvalue weighted by Gasteiger charge is 2.18. The van der Waals surface area contributed by atoms with E-state index < -0.39 is 21.9 Å². The van der Waals surface area contributed by atoms with Crippen LogP contribution in [0.3, 0.4) is 0 Å². The second-order valence-electron chi connectivity index (χ2n) is 5.66. The quantitative estimate of drug-likeness (QED) is 0.328. The van der Waals surface area contributed by atoms with Crippen molar-refractivity contribution < 1.29 is 10.0 Å². The Morgan fingerprint density at radius 2 is 1.83 bits per heavy atom. The van der Waals surface area contributed by atoms with Crippen LogP contribution in [0, 0.1) is 10.1 Å². The van der Waals surface area contributed by atoms with Gasteiger partial charge in [0.1, 0.15) is 17.1 Å². The summed E-state index contributed by atoms with van der Waals surface area (Å²) in [5.41, 5.74) is -2.11. The molecule has 10 nitrogen and oxygen atoms in total. The molecule has 0 aliphatic carbocycles. The molecule has 1 aromatic heterocycles. The zero-order chi connectivity index (χ0) is 21.0. The first-order valence-corrected chi connectivity index (χ1v) is 8.41. The minimum Gasteiger partial charge on any atom is -0.507 e. The van der Waals surface area contributed by atoms with Gasteiger partial charge in [0.15, 0.2) is 0 Å². The number of H-pyrrole nitrogens is 2. The number of aromatic hydroxyl groups is 1. The lowest BCUT2D eigenvalue weighted by Gasteiger charge is -2.01. The molecule has 0 aliphatic heterocycles. The van der Waals surface area contributed by atoms with Crippen LogP contribution in [0.5, 0.6) is 5.75 Å². The first-order valence-electron chi connectivity index (χ1n) is 8.03. The van der Waals surface area contributed by atoms with Gasteiger partial charge in [0, 0.05) is 5.56 Å². The van der Waals surface area contributed by atoms with Crippen LogP contribution in [0.25, 0.3) is 12.2 Å². The topological polar surface area (TPSA) is 154 Å². The van der Waals surface area contributed by atoms with E-state index in [0.717, 1.165) is 6.08 Å². The van der Waals surface area contributed by atoms with E-state index in [1.165, 1.54) is 24.3 Å². The number of hydrogen-bond acceptors (Lipinski definition) is 7. The van der Waals surface area contributed by atoms with Crippen LogP contribution in [-0.4, -0.2) is 20.0 Å². The molecule has 0 saturated carbocycles. The SMILES string of the molecule is O=c1[nH]c(C=Cc2cc(N=Nc3ccccc3Cl)ccc2O)c([N+](=O)[O-])c(=O)[nH]1. The Kier molecular flexibility index (Phi) is 5.65. The number of nitro groups is 1. The van der Waals surface area contributed by atoms with Crippen LogP contribution in [-0.2, 0) is 0 Å². The molecular weight excluding hydrogens is 402 g/mol. The van der Waals surface area contributed by atoms with Gasteiger partial charge in [-0.15, -0.1) is 5.11 Å². The minimum absolute atomic E-state index is 0.146. The summed E-state index contributed by atoms with van der Waals surface area (Å²) in [6.45, 7) is 0. The van der Waals surface area contributed by atoms with Gasteiger partial charge < -0.3 is 10.1 Å². The lowest BCUT2D eigenvalue weighted by atomic mass is 10.1. The number of halogens is 1. The van der Waals surface area contributed by atoms with Gasteiger partial charge in [-0.05, 0) is 42.5 Å². The molecule has 0 saturated heterocycles. The third kappa shape index (κ3) is 4.62. The van der Waals surface area contributed by atoms with Crippen molar-refractivity contribution in [2.75, 3.05) is 0 Å². The monoisotopic (exact) mass is 413 g/mol. The summed E-state index contributed by atoms with van der Waals surface area (Å²) in [5, 5.41) is 29.6. The number of phenolic OH excluding ortho intramolecular Hbond substituents is 1. The molecule has 3 rings (SSSR count). The van der Waals surface area contributed by atoms with Crippen LogP contribution < -0.4 is 11.2 Å². The van der Waals surface area contributed by atoms with Crippen molar-refractivity contribution in [1.82, 2.24) is 9.97 Å². The summed E-state index contributed by atoms with van der Waals surface area (Å²) in [4.78, 5) is 37.2. The first kappa shape index (κ1) is 19.7. The van der Waals surface area contributed by atoms with Crippen molar-refractivity contribution >= 4 is 40.8 Å². The molecule has 3 aromatic rings. The third-order valence-electron chi connectivity index (χ3n) is 3.69. The number of azo groups is 1. The predicted octanol–water partition coefficient (Wildman–Crippen LogP) is 3.92. The summed E-state index contributed by atoms with van der Waals surface area (Å²) in [6, 6.07) is 11.2. The van der Waals surface area contributed by atoms with E-state index in [4.69, 9.17) is 11.6 Å². The number of aromatic amines is 2. The Hall–Kier alpha value is -4.05. The average molecular weight is 414 g/mol. The van der Waals surface area contributed by atoms with Crippen LogP contribution in [0.15, 0.2) is 62.3 Å². The van der Waals surface area contributed by atoms with E-state index in [-0.39, 0.29) is 17.0 Å². The van der Waals surface area contributed by atoms with Crippen molar-refractivity contribution in [3.8, 4) is 5.75 Å². The molecule has 3 N–H and O–H groups in total. The number of rotatable bonds is 5. The maximum Gasteiger partial charge on any atom is 0.357 e. The number of hydrogen-bond donors (Lipinski definition) is 3. The number of aromatic nitrogens is 2. The minimum atomic E-state index is -1.13. The summed E-state index contributed by atoms with van der Waals surface area (Å²) < 4.78 is 0. The molecule has 1 heterocycles. The fourth-order valence-electron chi connectivity index (χ4n) is 2.35. The smallest absolute Gasteiger partial charge is 0.357 e. The highest BCUT2D eigenvalue weighted by molar-refractivity contribution is 6.32. The summed E-state index contributed by atoms with van der Waals surface area (Å²) in [6.07, 6.45) is 2.43. The molecule has 0 fully saturated rings. The third-order valence-corrected chi connectivity index (χ3v) is 4.01. The largest absolute Gasteiger partial charge is 0.507 e. The Morgan fingerprint density at radius 1 is 1.07 bits per heavy atom. The van der Waals surface area contributed by atoms with E-state index in [9.17, 15) is 24.8 Å². The van der Waals surface area contributed by atoms with E-state index in [1.807, 2.05) is 0 Å². The number of benzene rings is 2. The Morgan fingerprint density at radius 3 is 2.55 bits per heavy atom. The maximum atomic E-state index is 11.6. The Labute approximate surface area is 167 Å². The lowest BCUT2D eigenvalue weighted by molar-refractivity contribution is -0.386. The maximum absolute atomic E-state index is 11.6. The van der Waals surface area contributed by atoms with Gasteiger partial charge in [0.05, 0.1) is 15.6 Å². The molecule has 0 atom stereocenters. The van der Waals surface area contributed by atoms with Crippen molar-refractivity contribution in [2.24, 2.45) is 10.2 Å². The first-order chi connectivity index (χ1) is 13.8. The zero-order valence-electron chi connectivity index (χ0n) is 14.5. The van der Waals surface area contributed by atoms with E-state index in [1.54, 1.807) is 29.2 Å². The molecule has 29 heavy (non-hydrogen) atoms. The number of nitrogens with one attached hydrogen (secondary N) is 2. The second-order valence-corrected chi connectivity index (χ2v) is 6.06. The molecule has 146 valence electrons. The molecule has 0 amide bonds. The normalized spacial score (nSPS) is 11.3. The van der Waals surface area contributed by atoms with Crippen molar-refractivity contribution in [3.63, 3.8) is 0 Å². The van der Waals surface area contributed by atoms with Gasteiger partial charge in [-0.3, -0.25) is 19.9 Å². The number of nitrogens with zero attached hydrogens (tertiary/aromatic N) is 3. The predicted molar refractivity (Wildman–Crippen MR) is 107 cm³/mol. The molecule has 0 unspecified atom stereocenters. The van der Waals surface area contributed by atoms with Crippen LogP contribution in [0.2, 0.25) is 5.02 Å². The highest BCUT2D eigenvalue weighted by Crippen LogP contribution is 2.29. The lowest BCUT2D eigenvalue weighted by Crippen LogP contribution is -2.25. The van der Waals surface area contributed by atoms with Gasteiger partial charge >= 0.3 is 16.9 Å². The molecule has 0 radical (unpaired) electrons. The van der Waals surface area contributed by atoms with Crippen LogP contribution in [0.4, 0.5) is 17.1 Å². The van der Waals surface area contributed by atoms with Gasteiger partial charge in [0.2, 0.25) is 0 Å². The van der Waals surface area contributed by atoms with Gasteiger partial charge in [-0.1, -0.05) is 23.7 Å². The van der Waals surface area contributed by atoms with Gasteiger partial charge in [0.25, 0.3) is 0 Å². The van der Waals surface area contributed by atoms with E-state index in [2.05, 4.69) is 15.2 Å². The molecular formula is C18H12ClN5O5. The zero-order valence-corrected chi connectivity index (χ0v) is 15.3. The van der Waals surface area contributed by atoms with Crippen molar-refractivity contribution in [2.45, 2.75) is 0 Å².